The van der Waals surface area contributed by atoms with E-state index in [-0.39, 0.29) is 0 Å². The topological polar surface area (TPSA) is 71.5 Å². The second kappa shape index (κ2) is 5.58. The minimum absolute atomic E-state index is 0.413. The highest BCUT2D eigenvalue weighted by Gasteiger charge is 2.31. The molecule has 0 spiro atoms. The lowest BCUT2D eigenvalue weighted by Crippen LogP contribution is -2.42. The summed E-state index contributed by atoms with van der Waals surface area (Å²) in [6.07, 6.45) is -0.0352. The number of halogens is 1. The Morgan fingerprint density at radius 2 is 2.20 bits per heavy atom. The molecule has 5 nitrogen and oxygen atoms in total. The van der Waals surface area contributed by atoms with Crippen LogP contribution in [0.25, 0.3) is 0 Å². The zero-order valence-corrected chi connectivity index (χ0v) is 12.6. The number of carbonyl (C=O) groups excluding carboxylic acids is 1. The maximum Gasteiger partial charge on any atom is 0.408 e. The molecule has 6 heteroatoms. The van der Waals surface area contributed by atoms with Gasteiger partial charge < -0.3 is 15.2 Å². The van der Waals surface area contributed by atoms with Crippen LogP contribution in [0.4, 0.5) is 4.79 Å². The van der Waals surface area contributed by atoms with Gasteiger partial charge in [0.05, 0.1) is 12.1 Å². The van der Waals surface area contributed by atoms with Gasteiger partial charge in [0.25, 0.3) is 0 Å². The molecule has 2 rings (SSSR count). The van der Waals surface area contributed by atoms with Gasteiger partial charge >= 0.3 is 6.09 Å². The Bertz CT molecular complexity index is 514. The van der Waals surface area contributed by atoms with E-state index >= 15 is 0 Å². The molecule has 0 fully saturated rings. The number of ether oxygens (including phenoxy) is 1. The average molecular weight is 299 g/mol. The van der Waals surface area contributed by atoms with Crippen LogP contribution in [-0.2, 0) is 11.2 Å². The molecule has 1 aromatic heterocycles. The minimum atomic E-state index is -0.655. The van der Waals surface area contributed by atoms with Gasteiger partial charge in [-0.3, -0.25) is 0 Å². The number of carbonyl (C=O) groups is 1. The molecule has 0 saturated heterocycles. The number of aliphatic hydroxyl groups is 1. The maximum absolute atomic E-state index is 11.9. The van der Waals surface area contributed by atoms with Gasteiger partial charge in [0.2, 0.25) is 0 Å². The van der Waals surface area contributed by atoms with Gasteiger partial charge in [-0.25, -0.2) is 9.78 Å². The Labute approximate surface area is 123 Å². The fraction of sp³-hybridized carbons (Fsp3) is 0.571. The summed E-state index contributed by atoms with van der Waals surface area (Å²) in [4.78, 5) is 16.1. The summed E-state index contributed by atoms with van der Waals surface area (Å²) >= 11 is 5.87. The molecule has 1 aromatic rings. The third-order valence-corrected chi connectivity index (χ3v) is 3.25. The fourth-order valence-corrected chi connectivity index (χ4v) is 2.40. The van der Waals surface area contributed by atoms with E-state index in [1.165, 1.54) is 0 Å². The molecule has 1 heterocycles. The lowest BCUT2D eigenvalue weighted by molar-refractivity contribution is 0.0398. The van der Waals surface area contributed by atoms with Crippen molar-refractivity contribution < 1.29 is 14.6 Å². The van der Waals surface area contributed by atoms with Crippen molar-refractivity contribution in [3.63, 3.8) is 0 Å². The Morgan fingerprint density at radius 3 is 2.85 bits per heavy atom. The van der Waals surface area contributed by atoms with Crippen molar-refractivity contribution in [1.29, 1.82) is 0 Å². The maximum atomic E-state index is 11.9. The Kier molecular flexibility index (Phi) is 4.20. The first kappa shape index (κ1) is 15.1. The van der Waals surface area contributed by atoms with E-state index in [1.54, 1.807) is 32.9 Å². The van der Waals surface area contributed by atoms with Crippen LogP contribution in [0, 0.1) is 0 Å². The average Bonchev–Trinajstić information content (AvgIpc) is 2.30. The van der Waals surface area contributed by atoms with E-state index in [1.807, 2.05) is 0 Å². The van der Waals surface area contributed by atoms with Gasteiger partial charge in [0, 0.05) is 5.69 Å². The van der Waals surface area contributed by atoms with Gasteiger partial charge in [0.15, 0.2) is 0 Å². The first-order valence-corrected chi connectivity index (χ1v) is 6.97. The molecule has 1 aliphatic carbocycles. The molecule has 2 atom stereocenters. The Morgan fingerprint density at radius 1 is 1.50 bits per heavy atom. The monoisotopic (exact) mass is 298 g/mol. The predicted molar refractivity (Wildman–Crippen MR) is 75.7 cm³/mol. The smallest absolute Gasteiger partial charge is 0.408 e. The lowest BCUT2D eigenvalue weighted by Gasteiger charge is -2.31. The molecule has 2 N–H and O–H groups in total. The number of hydrogen-bond donors (Lipinski definition) is 2. The van der Waals surface area contributed by atoms with Gasteiger partial charge in [-0.2, -0.15) is 0 Å². The highest BCUT2D eigenvalue weighted by Crippen LogP contribution is 2.30. The van der Waals surface area contributed by atoms with Crippen LogP contribution in [-0.4, -0.2) is 27.9 Å². The summed E-state index contributed by atoms with van der Waals surface area (Å²) in [7, 11) is 0. The minimum Gasteiger partial charge on any atom is -0.444 e. The number of alkyl carbamates (subject to hydrolysis) is 1. The van der Waals surface area contributed by atoms with Crippen LogP contribution in [0.5, 0.6) is 0 Å². The number of aryl methyl sites for hydroxylation is 1. The van der Waals surface area contributed by atoms with Gasteiger partial charge in [-0.15, -0.1) is 0 Å². The number of nitrogens with zero attached hydrogens (tertiary/aromatic N) is 1. The van der Waals surface area contributed by atoms with E-state index in [4.69, 9.17) is 16.3 Å². The molecule has 0 radical (unpaired) electrons. The molecule has 0 aromatic carbocycles. The van der Waals surface area contributed by atoms with Crippen LogP contribution >= 0.6 is 11.6 Å². The summed E-state index contributed by atoms with van der Waals surface area (Å²) in [5, 5.41) is 13.2. The highest BCUT2D eigenvalue weighted by atomic mass is 35.5. The molecule has 0 bridgehead atoms. The molecule has 1 aliphatic rings. The summed E-state index contributed by atoms with van der Waals surface area (Å²) in [6, 6.07) is 2.93. The summed E-state index contributed by atoms with van der Waals surface area (Å²) in [6.45, 7) is 5.37. The standard InChI is InChI=1S/C14H19ClN2O3/c1-14(2,3)20-13(19)17-12-8-4-7-11(15)16-9(8)5-6-10(12)18/h4,7,10,12,18H,5-6H2,1-3H3,(H,17,19)/t10-,12+/m0/s1. The molecule has 0 aliphatic heterocycles. The quantitative estimate of drug-likeness (QED) is 0.782. The van der Waals surface area contributed by atoms with Gasteiger partial charge in [0.1, 0.15) is 10.8 Å². The number of fused-ring (bicyclic) bond motifs is 1. The number of aliphatic hydroxyl groups excluding tert-OH is 1. The van der Waals surface area contributed by atoms with Crippen LogP contribution in [0.2, 0.25) is 5.15 Å². The van der Waals surface area contributed by atoms with Crippen molar-refractivity contribution in [3.05, 3.63) is 28.5 Å². The summed E-state index contributed by atoms with van der Waals surface area (Å²) < 4.78 is 5.22. The SMILES string of the molecule is CC(C)(C)OC(=O)N[C@@H]1c2ccc(Cl)nc2CC[C@@H]1O. The predicted octanol–water partition coefficient (Wildman–Crippen LogP) is 2.61. The van der Waals surface area contributed by atoms with E-state index < -0.39 is 23.8 Å². The highest BCUT2D eigenvalue weighted by molar-refractivity contribution is 6.29. The lowest BCUT2D eigenvalue weighted by atomic mass is 9.89. The number of pyridine rings is 1. The van der Waals surface area contributed by atoms with Crippen molar-refractivity contribution in [3.8, 4) is 0 Å². The molecule has 20 heavy (non-hydrogen) atoms. The van der Waals surface area contributed by atoms with Crippen molar-refractivity contribution in [2.45, 2.75) is 51.4 Å². The number of amides is 1. The van der Waals surface area contributed by atoms with E-state index in [0.29, 0.717) is 18.0 Å². The van der Waals surface area contributed by atoms with Crippen molar-refractivity contribution in [2.75, 3.05) is 0 Å². The largest absolute Gasteiger partial charge is 0.444 e. The van der Waals surface area contributed by atoms with Crippen LogP contribution in [0.1, 0.15) is 44.5 Å². The second-order valence-electron chi connectivity index (χ2n) is 5.90. The zero-order chi connectivity index (χ0) is 14.9. The Hall–Kier alpha value is -1.33. The first-order chi connectivity index (χ1) is 9.26. The zero-order valence-electron chi connectivity index (χ0n) is 11.8. The molecule has 0 saturated carbocycles. The van der Waals surface area contributed by atoms with E-state index in [0.717, 1.165) is 11.3 Å². The third kappa shape index (κ3) is 3.61. The number of hydrogen-bond acceptors (Lipinski definition) is 4. The van der Waals surface area contributed by atoms with Crippen LogP contribution in [0.3, 0.4) is 0 Å². The third-order valence-electron chi connectivity index (χ3n) is 3.04. The van der Waals surface area contributed by atoms with Crippen LogP contribution in [0.15, 0.2) is 12.1 Å². The molecule has 0 unspecified atom stereocenters. The molecular weight excluding hydrogens is 280 g/mol. The van der Waals surface area contributed by atoms with E-state index in [9.17, 15) is 9.90 Å². The Balaban J connectivity index is 2.17. The first-order valence-electron chi connectivity index (χ1n) is 6.59. The van der Waals surface area contributed by atoms with Gasteiger partial charge in [-0.05, 0) is 45.2 Å². The molecular formula is C14H19ClN2O3. The number of rotatable bonds is 1. The van der Waals surface area contributed by atoms with Crippen molar-refractivity contribution >= 4 is 17.7 Å². The normalized spacial score (nSPS) is 22.1. The summed E-state index contributed by atoms with van der Waals surface area (Å²) in [5.41, 5.74) is 1.02. The fourth-order valence-electron chi connectivity index (χ4n) is 2.24. The number of aromatic nitrogens is 1. The molecule has 1 amide bonds. The van der Waals surface area contributed by atoms with Crippen LogP contribution < -0.4 is 5.32 Å². The second-order valence-corrected chi connectivity index (χ2v) is 6.29. The van der Waals surface area contributed by atoms with E-state index in [2.05, 4.69) is 10.3 Å². The van der Waals surface area contributed by atoms with Crippen molar-refractivity contribution in [1.82, 2.24) is 10.3 Å². The molecule has 110 valence electrons. The van der Waals surface area contributed by atoms with Gasteiger partial charge in [-0.1, -0.05) is 17.7 Å². The van der Waals surface area contributed by atoms with Crippen molar-refractivity contribution in [2.24, 2.45) is 0 Å². The number of nitrogens with one attached hydrogen (secondary N) is 1. The summed E-state index contributed by atoms with van der Waals surface area (Å²) in [5.74, 6) is 0.